The van der Waals surface area contributed by atoms with Crippen LogP contribution in [-0.4, -0.2) is 14.1 Å². The standard InChI is InChI=1S/C10H15N2/c1-4-8-12-9-6-5-7-10(12)11(2)3/h4-7,9H,1,8H2,2-3H3/q+1. The largest absolute Gasteiger partial charge is 0.276 e. The zero-order valence-corrected chi connectivity index (χ0v) is 7.70. The fourth-order valence-corrected chi connectivity index (χ4v) is 1.17. The van der Waals surface area contributed by atoms with Crippen LogP contribution in [0.15, 0.2) is 37.1 Å². The number of hydrogen-bond acceptors (Lipinski definition) is 1. The highest BCUT2D eigenvalue weighted by Crippen LogP contribution is 2.01. The summed E-state index contributed by atoms with van der Waals surface area (Å²) in [6, 6.07) is 6.15. The maximum atomic E-state index is 3.72. The predicted octanol–water partition coefficient (Wildman–Crippen LogP) is 1.23. The molecule has 1 heterocycles. The van der Waals surface area contributed by atoms with Crippen molar-refractivity contribution in [2.45, 2.75) is 6.54 Å². The van der Waals surface area contributed by atoms with Crippen LogP contribution in [0.3, 0.4) is 0 Å². The normalized spacial score (nSPS) is 9.50. The lowest BCUT2D eigenvalue weighted by atomic mass is 10.4. The Morgan fingerprint density at radius 1 is 1.50 bits per heavy atom. The highest BCUT2D eigenvalue weighted by Gasteiger charge is 2.07. The summed E-state index contributed by atoms with van der Waals surface area (Å²) in [4.78, 5) is 2.09. The van der Waals surface area contributed by atoms with Gasteiger partial charge in [-0.3, -0.25) is 4.90 Å². The van der Waals surface area contributed by atoms with Crippen molar-refractivity contribution in [2.24, 2.45) is 0 Å². The SMILES string of the molecule is C=CC[n+]1ccccc1N(C)C. The lowest BCUT2D eigenvalue weighted by molar-refractivity contribution is -0.674. The van der Waals surface area contributed by atoms with Crippen molar-refractivity contribution in [3.8, 4) is 0 Å². The summed E-state index contributed by atoms with van der Waals surface area (Å²) in [5.74, 6) is 1.19. The number of rotatable bonds is 3. The first kappa shape index (κ1) is 8.78. The van der Waals surface area contributed by atoms with Crippen molar-refractivity contribution < 1.29 is 4.57 Å². The Morgan fingerprint density at radius 2 is 2.25 bits per heavy atom. The first-order valence-electron chi connectivity index (χ1n) is 4.02. The molecule has 12 heavy (non-hydrogen) atoms. The summed E-state index contributed by atoms with van der Waals surface area (Å²) < 4.78 is 2.15. The molecule has 2 nitrogen and oxygen atoms in total. The van der Waals surface area contributed by atoms with Crippen LogP contribution in [0.1, 0.15) is 0 Å². The second-order valence-electron chi connectivity index (χ2n) is 2.89. The fourth-order valence-electron chi connectivity index (χ4n) is 1.17. The third-order valence-corrected chi connectivity index (χ3v) is 1.70. The molecule has 0 atom stereocenters. The van der Waals surface area contributed by atoms with E-state index in [0.29, 0.717) is 0 Å². The molecule has 0 fully saturated rings. The summed E-state index contributed by atoms with van der Waals surface area (Å²) >= 11 is 0. The van der Waals surface area contributed by atoms with E-state index in [1.807, 2.05) is 32.3 Å². The average Bonchev–Trinajstić information content (AvgIpc) is 2.05. The second kappa shape index (κ2) is 3.90. The Kier molecular flexibility index (Phi) is 2.86. The summed E-state index contributed by atoms with van der Waals surface area (Å²) in [6.45, 7) is 4.57. The Labute approximate surface area is 73.8 Å². The smallest absolute Gasteiger partial charge is 0.267 e. The lowest BCUT2D eigenvalue weighted by Gasteiger charge is -2.08. The van der Waals surface area contributed by atoms with Crippen molar-refractivity contribution in [3.63, 3.8) is 0 Å². The van der Waals surface area contributed by atoms with Crippen molar-refractivity contribution >= 4 is 5.82 Å². The molecular formula is C10H15N2+. The predicted molar refractivity (Wildman–Crippen MR) is 51.2 cm³/mol. The number of aromatic nitrogens is 1. The Bertz CT molecular complexity index is 266. The van der Waals surface area contributed by atoms with Crippen molar-refractivity contribution in [3.05, 3.63) is 37.1 Å². The van der Waals surface area contributed by atoms with Crippen LogP contribution < -0.4 is 9.47 Å². The first-order chi connectivity index (χ1) is 5.75. The summed E-state index contributed by atoms with van der Waals surface area (Å²) in [5, 5.41) is 0. The van der Waals surface area contributed by atoms with E-state index in [4.69, 9.17) is 0 Å². The van der Waals surface area contributed by atoms with Gasteiger partial charge in [-0.1, -0.05) is 18.7 Å². The van der Waals surface area contributed by atoms with Gasteiger partial charge in [0.15, 0.2) is 0 Å². The van der Waals surface area contributed by atoms with E-state index in [1.165, 1.54) is 5.82 Å². The molecule has 64 valence electrons. The van der Waals surface area contributed by atoms with E-state index in [9.17, 15) is 0 Å². The Balaban J connectivity index is 2.99. The third kappa shape index (κ3) is 1.84. The van der Waals surface area contributed by atoms with Crippen LogP contribution >= 0.6 is 0 Å². The van der Waals surface area contributed by atoms with Gasteiger partial charge in [-0.05, 0) is 6.07 Å². The van der Waals surface area contributed by atoms with E-state index in [-0.39, 0.29) is 0 Å². The summed E-state index contributed by atoms with van der Waals surface area (Å²) in [7, 11) is 4.07. The molecule has 0 amide bonds. The molecule has 0 aliphatic rings. The van der Waals surface area contributed by atoms with E-state index in [0.717, 1.165) is 6.54 Å². The lowest BCUT2D eigenvalue weighted by Crippen LogP contribution is -2.38. The molecule has 1 aromatic heterocycles. The van der Waals surface area contributed by atoms with Gasteiger partial charge >= 0.3 is 0 Å². The topological polar surface area (TPSA) is 7.12 Å². The van der Waals surface area contributed by atoms with Gasteiger partial charge in [0, 0.05) is 6.07 Å². The average molecular weight is 163 g/mol. The van der Waals surface area contributed by atoms with Gasteiger partial charge in [0.1, 0.15) is 6.54 Å². The molecule has 0 aliphatic carbocycles. The maximum Gasteiger partial charge on any atom is 0.276 e. The molecule has 0 aliphatic heterocycles. The van der Waals surface area contributed by atoms with E-state index >= 15 is 0 Å². The summed E-state index contributed by atoms with van der Waals surface area (Å²) in [5.41, 5.74) is 0. The molecule has 0 unspecified atom stereocenters. The highest BCUT2D eigenvalue weighted by molar-refractivity contribution is 5.29. The van der Waals surface area contributed by atoms with Crippen LogP contribution in [-0.2, 0) is 6.54 Å². The monoisotopic (exact) mass is 163 g/mol. The Morgan fingerprint density at radius 3 is 2.83 bits per heavy atom. The van der Waals surface area contributed by atoms with Gasteiger partial charge in [-0.15, -0.1) is 0 Å². The van der Waals surface area contributed by atoms with Crippen molar-refractivity contribution in [1.29, 1.82) is 0 Å². The number of anilines is 1. The second-order valence-corrected chi connectivity index (χ2v) is 2.89. The van der Waals surface area contributed by atoms with Gasteiger partial charge < -0.3 is 0 Å². The van der Waals surface area contributed by atoms with Crippen LogP contribution in [0.5, 0.6) is 0 Å². The molecule has 0 saturated carbocycles. The van der Waals surface area contributed by atoms with Gasteiger partial charge in [0.2, 0.25) is 0 Å². The van der Waals surface area contributed by atoms with Crippen molar-refractivity contribution in [1.82, 2.24) is 0 Å². The first-order valence-corrected chi connectivity index (χ1v) is 4.02. The number of pyridine rings is 1. The molecule has 0 radical (unpaired) electrons. The van der Waals surface area contributed by atoms with E-state index in [2.05, 4.69) is 28.3 Å². The van der Waals surface area contributed by atoms with Gasteiger partial charge in [0.25, 0.3) is 5.82 Å². The minimum Gasteiger partial charge on any atom is -0.267 e. The van der Waals surface area contributed by atoms with Gasteiger partial charge in [-0.2, -0.15) is 0 Å². The van der Waals surface area contributed by atoms with Crippen LogP contribution in [0.25, 0.3) is 0 Å². The quantitative estimate of drug-likeness (QED) is 0.480. The number of nitrogens with zero attached hydrogens (tertiary/aromatic N) is 2. The van der Waals surface area contributed by atoms with Crippen LogP contribution in [0, 0.1) is 0 Å². The zero-order chi connectivity index (χ0) is 8.97. The van der Waals surface area contributed by atoms with Gasteiger partial charge in [-0.25, -0.2) is 4.57 Å². The van der Waals surface area contributed by atoms with Crippen LogP contribution in [0.4, 0.5) is 5.82 Å². The zero-order valence-electron chi connectivity index (χ0n) is 7.70. The third-order valence-electron chi connectivity index (χ3n) is 1.70. The maximum absolute atomic E-state index is 3.72. The van der Waals surface area contributed by atoms with Crippen LogP contribution in [0.2, 0.25) is 0 Å². The minimum absolute atomic E-state index is 0.856. The molecule has 0 saturated heterocycles. The molecule has 0 aromatic carbocycles. The van der Waals surface area contributed by atoms with E-state index in [1.54, 1.807) is 0 Å². The number of hydrogen-bond donors (Lipinski definition) is 0. The Hall–Kier alpha value is -1.31. The van der Waals surface area contributed by atoms with E-state index < -0.39 is 0 Å². The fraction of sp³-hybridized carbons (Fsp3) is 0.300. The number of allylic oxidation sites excluding steroid dienone is 1. The minimum atomic E-state index is 0.856. The summed E-state index contributed by atoms with van der Waals surface area (Å²) in [6.07, 6.45) is 3.95. The molecular weight excluding hydrogens is 148 g/mol. The highest BCUT2D eigenvalue weighted by atomic mass is 15.2. The molecule has 0 spiro atoms. The van der Waals surface area contributed by atoms with Gasteiger partial charge in [0.05, 0.1) is 20.3 Å². The molecule has 0 N–H and O–H groups in total. The molecule has 2 heteroatoms. The molecule has 1 rings (SSSR count). The molecule has 1 aromatic rings. The molecule has 0 bridgehead atoms. The van der Waals surface area contributed by atoms with Crippen molar-refractivity contribution in [2.75, 3.05) is 19.0 Å².